The lowest BCUT2D eigenvalue weighted by Gasteiger charge is -2.02. The van der Waals surface area contributed by atoms with Crippen LogP contribution in [0.15, 0.2) is 73.2 Å². The van der Waals surface area contributed by atoms with Crippen LogP contribution in [0, 0.1) is 0 Å². The van der Waals surface area contributed by atoms with Crippen LogP contribution in [0.4, 0.5) is 0 Å². The molecule has 0 saturated carbocycles. The van der Waals surface area contributed by atoms with Gasteiger partial charge >= 0.3 is 0 Å². The van der Waals surface area contributed by atoms with Gasteiger partial charge in [0.15, 0.2) is 5.69 Å². The molecule has 132 valence electrons. The monoisotopic (exact) mass is 538 g/mol. The molecule has 26 heavy (non-hydrogen) atoms. The van der Waals surface area contributed by atoms with Crippen molar-refractivity contribution in [2.24, 2.45) is 5.10 Å². The number of hydrogen-bond donors (Lipinski definition) is 1. The molecule has 1 aromatic heterocycles. The molecule has 0 fully saturated rings. The Morgan fingerprint density at radius 2 is 1.88 bits per heavy atom. The molecular formula is C18H13Br3N4O. The number of amides is 1. The summed E-state index contributed by atoms with van der Waals surface area (Å²) in [6.07, 6.45) is 3.35. The smallest absolute Gasteiger partial charge is 0.266 e. The van der Waals surface area contributed by atoms with Gasteiger partial charge in [-0.25, -0.2) is 5.43 Å². The maximum Gasteiger partial charge on any atom is 0.293 e. The normalized spacial score (nSPS) is 11.0. The van der Waals surface area contributed by atoms with Gasteiger partial charge in [-0.05, 0) is 51.3 Å². The molecule has 1 N–H and O–H groups in total. The van der Waals surface area contributed by atoms with E-state index in [0.29, 0.717) is 11.0 Å². The highest BCUT2D eigenvalue weighted by Gasteiger charge is 2.14. The van der Waals surface area contributed by atoms with Crippen molar-refractivity contribution in [2.45, 2.75) is 6.54 Å². The molecule has 0 aliphatic heterocycles. The van der Waals surface area contributed by atoms with E-state index in [2.05, 4.69) is 63.4 Å². The first-order valence-electron chi connectivity index (χ1n) is 7.57. The Morgan fingerprint density at radius 1 is 1.12 bits per heavy atom. The Kier molecular flexibility index (Phi) is 6.39. The average Bonchev–Trinajstić information content (AvgIpc) is 2.97. The van der Waals surface area contributed by atoms with E-state index in [4.69, 9.17) is 0 Å². The zero-order chi connectivity index (χ0) is 18.5. The number of hydrazone groups is 1. The summed E-state index contributed by atoms with van der Waals surface area (Å²) in [5.74, 6) is -0.377. The molecule has 3 rings (SSSR count). The fourth-order valence-corrected chi connectivity index (χ4v) is 3.39. The van der Waals surface area contributed by atoms with Crippen molar-refractivity contribution in [1.82, 2.24) is 15.2 Å². The van der Waals surface area contributed by atoms with Crippen molar-refractivity contribution in [3.63, 3.8) is 0 Å². The number of hydrogen-bond acceptors (Lipinski definition) is 3. The van der Waals surface area contributed by atoms with Gasteiger partial charge in [-0.2, -0.15) is 10.2 Å². The average molecular weight is 541 g/mol. The van der Waals surface area contributed by atoms with Crippen LogP contribution in [-0.4, -0.2) is 21.9 Å². The van der Waals surface area contributed by atoms with Crippen molar-refractivity contribution >= 4 is 59.9 Å². The summed E-state index contributed by atoms with van der Waals surface area (Å²) in [5.41, 5.74) is 4.74. The van der Waals surface area contributed by atoms with E-state index in [1.807, 2.05) is 48.5 Å². The minimum absolute atomic E-state index is 0.286. The van der Waals surface area contributed by atoms with Crippen molar-refractivity contribution in [1.29, 1.82) is 0 Å². The fraction of sp³-hybridized carbons (Fsp3) is 0.0556. The third kappa shape index (κ3) is 5.12. The number of benzene rings is 2. The molecule has 0 unspecified atom stereocenters. The van der Waals surface area contributed by atoms with Crippen molar-refractivity contribution in [3.05, 3.63) is 85.0 Å². The van der Waals surface area contributed by atoms with E-state index in [1.165, 1.54) is 0 Å². The maximum absolute atomic E-state index is 12.3. The van der Waals surface area contributed by atoms with Crippen LogP contribution >= 0.6 is 47.8 Å². The number of carbonyl (C=O) groups is 1. The van der Waals surface area contributed by atoms with Crippen LogP contribution < -0.4 is 5.43 Å². The van der Waals surface area contributed by atoms with Gasteiger partial charge in [0.1, 0.15) is 0 Å². The zero-order valence-electron chi connectivity index (χ0n) is 13.4. The number of nitrogens with zero attached hydrogens (tertiary/aromatic N) is 3. The summed E-state index contributed by atoms with van der Waals surface area (Å²) in [6.45, 7) is 0.570. The van der Waals surface area contributed by atoms with Gasteiger partial charge in [0.2, 0.25) is 0 Å². The molecule has 2 aromatic carbocycles. The van der Waals surface area contributed by atoms with Gasteiger partial charge in [-0.15, -0.1) is 0 Å². The molecule has 0 radical (unpaired) electrons. The molecule has 0 saturated heterocycles. The lowest BCUT2D eigenvalue weighted by atomic mass is 10.2. The van der Waals surface area contributed by atoms with Gasteiger partial charge in [-0.1, -0.05) is 56.1 Å². The quantitative estimate of drug-likeness (QED) is 0.366. The molecule has 0 aliphatic carbocycles. The van der Waals surface area contributed by atoms with Gasteiger partial charge in [0.05, 0.1) is 17.2 Å². The zero-order valence-corrected chi connectivity index (χ0v) is 18.1. The number of aromatic nitrogens is 2. The standard InChI is InChI=1S/C18H13Br3N4O/c19-14-6-4-12(5-7-14)10-25-11-16(21)17(24-25)18(26)23-22-9-13-2-1-3-15(20)8-13/h1-9,11H,10H2,(H,23,26)/b22-9+. The Hall–Kier alpha value is -1.77. The highest BCUT2D eigenvalue weighted by molar-refractivity contribution is 9.11. The molecule has 0 spiro atoms. The number of nitrogens with one attached hydrogen (secondary N) is 1. The van der Waals surface area contributed by atoms with E-state index in [-0.39, 0.29) is 11.6 Å². The first-order valence-corrected chi connectivity index (χ1v) is 9.95. The number of rotatable bonds is 5. The predicted octanol–water partition coefficient (Wildman–Crippen LogP) is 4.98. The SMILES string of the molecule is O=C(N/N=C/c1cccc(Br)c1)c1nn(Cc2ccc(Br)cc2)cc1Br. The van der Waals surface area contributed by atoms with Gasteiger partial charge in [0.25, 0.3) is 5.91 Å². The fourth-order valence-electron chi connectivity index (χ4n) is 2.21. The van der Waals surface area contributed by atoms with Crippen LogP contribution in [0.5, 0.6) is 0 Å². The Labute approximate surface area is 175 Å². The minimum atomic E-state index is -0.377. The van der Waals surface area contributed by atoms with Crippen LogP contribution in [0.2, 0.25) is 0 Å². The summed E-state index contributed by atoms with van der Waals surface area (Å²) in [4.78, 5) is 12.3. The van der Waals surface area contributed by atoms with E-state index in [1.54, 1.807) is 17.1 Å². The summed E-state index contributed by atoms with van der Waals surface area (Å²) < 4.78 is 4.29. The first-order chi connectivity index (χ1) is 12.5. The van der Waals surface area contributed by atoms with Gasteiger partial charge in [-0.3, -0.25) is 9.48 Å². The topological polar surface area (TPSA) is 59.3 Å². The Balaban J connectivity index is 1.66. The first kappa shape index (κ1) is 19.0. The molecular weight excluding hydrogens is 528 g/mol. The molecule has 0 aliphatic rings. The van der Waals surface area contributed by atoms with E-state index in [9.17, 15) is 4.79 Å². The predicted molar refractivity (Wildman–Crippen MR) is 112 cm³/mol. The maximum atomic E-state index is 12.3. The summed E-state index contributed by atoms with van der Waals surface area (Å²) in [7, 11) is 0. The lowest BCUT2D eigenvalue weighted by Crippen LogP contribution is -2.19. The largest absolute Gasteiger partial charge is 0.293 e. The van der Waals surface area contributed by atoms with E-state index < -0.39 is 0 Å². The summed E-state index contributed by atoms with van der Waals surface area (Å²) >= 11 is 10.2. The Morgan fingerprint density at radius 3 is 2.62 bits per heavy atom. The number of carbonyl (C=O) groups excluding carboxylic acids is 1. The second-order valence-electron chi connectivity index (χ2n) is 5.40. The molecule has 3 aromatic rings. The molecule has 8 heteroatoms. The minimum Gasteiger partial charge on any atom is -0.266 e. The van der Waals surface area contributed by atoms with E-state index in [0.717, 1.165) is 20.1 Å². The van der Waals surface area contributed by atoms with Crippen molar-refractivity contribution in [3.8, 4) is 0 Å². The van der Waals surface area contributed by atoms with Gasteiger partial charge < -0.3 is 0 Å². The third-order valence-electron chi connectivity index (χ3n) is 3.42. The van der Waals surface area contributed by atoms with Crippen molar-refractivity contribution in [2.75, 3.05) is 0 Å². The van der Waals surface area contributed by atoms with Crippen molar-refractivity contribution < 1.29 is 4.79 Å². The number of halogens is 3. The molecule has 1 heterocycles. The van der Waals surface area contributed by atoms with Crippen LogP contribution in [0.1, 0.15) is 21.6 Å². The lowest BCUT2D eigenvalue weighted by molar-refractivity contribution is 0.0948. The molecule has 5 nitrogen and oxygen atoms in total. The van der Waals surface area contributed by atoms with Gasteiger partial charge in [0, 0.05) is 15.1 Å². The van der Waals surface area contributed by atoms with Crippen LogP contribution in [-0.2, 0) is 6.54 Å². The summed E-state index contributed by atoms with van der Waals surface area (Å²) in [5, 5.41) is 8.31. The molecule has 0 bridgehead atoms. The summed E-state index contributed by atoms with van der Waals surface area (Å²) in [6, 6.07) is 15.6. The van der Waals surface area contributed by atoms with Crippen LogP contribution in [0.3, 0.4) is 0 Å². The van der Waals surface area contributed by atoms with E-state index >= 15 is 0 Å². The highest BCUT2D eigenvalue weighted by atomic mass is 79.9. The molecule has 0 atom stereocenters. The highest BCUT2D eigenvalue weighted by Crippen LogP contribution is 2.17. The van der Waals surface area contributed by atoms with Crippen LogP contribution in [0.25, 0.3) is 0 Å². The second-order valence-corrected chi connectivity index (χ2v) is 8.09. The Bertz CT molecular complexity index is 951. The molecule has 1 amide bonds. The third-order valence-corrected chi connectivity index (χ3v) is 5.02. The second kappa shape index (κ2) is 8.75.